The molecule has 0 saturated heterocycles. The van der Waals surface area contributed by atoms with Crippen LogP contribution in [0.2, 0.25) is 0 Å². The van der Waals surface area contributed by atoms with E-state index < -0.39 is 11.5 Å². The minimum absolute atomic E-state index is 0.0588. The molecular weight excluding hydrogens is 158 g/mol. The fourth-order valence-electron chi connectivity index (χ4n) is 0.757. The number of hydrogen-bond acceptors (Lipinski definition) is 3. The standard InChI is InChI=1S/C7H11N3O2/c1-7(2,8)6-9-3-4(10-6)5(11)12/h3H,8H2,1-2H3,(H,9,10)(H,11,12). The molecular formula is C7H11N3O2. The van der Waals surface area contributed by atoms with Gasteiger partial charge in [0.15, 0.2) is 0 Å². The minimum Gasteiger partial charge on any atom is -0.477 e. The lowest BCUT2D eigenvalue weighted by Gasteiger charge is -2.14. The maximum Gasteiger partial charge on any atom is 0.353 e. The van der Waals surface area contributed by atoms with Crippen molar-refractivity contribution in [3.05, 3.63) is 17.7 Å². The van der Waals surface area contributed by atoms with Crippen molar-refractivity contribution in [2.24, 2.45) is 5.73 Å². The van der Waals surface area contributed by atoms with Gasteiger partial charge >= 0.3 is 5.97 Å². The highest BCUT2D eigenvalue weighted by molar-refractivity contribution is 5.85. The van der Waals surface area contributed by atoms with Gasteiger partial charge in [0.1, 0.15) is 11.5 Å². The first-order chi connectivity index (χ1) is 5.41. The summed E-state index contributed by atoms with van der Waals surface area (Å²) in [7, 11) is 0. The third-order valence-corrected chi connectivity index (χ3v) is 1.42. The van der Waals surface area contributed by atoms with Gasteiger partial charge in [0.05, 0.1) is 11.7 Å². The van der Waals surface area contributed by atoms with Crippen LogP contribution < -0.4 is 5.73 Å². The summed E-state index contributed by atoms with van der Waals surface area (Å²) in [5.41, 5.74) is 5.11. The first kappa shape index (κ1) is 8.73. The highest BCUT2D eigenvalue weighted by Crippen LogP contribution is 2.12. The van der Waals surface area contributed by atoms with Crippen molar-refractivity contribution in [1.29, 1.82) is 0 Å². The molecule has 66 valence electrons. The number of carboxylic acid groups (broad SMARTS) is 1. The van der Waals surface area contributed by atoms with E-state index in [1.165, 1.54) is 6.20 Å². The van der Waals surface area contributed by atoms with Crippen molar-refractivity contribution in [3.8, 4) is 0 Å². The zero-order valence-electron chi connectivity index (χ0n) is 6.96. The van der Waals surface area contributed by atoms with Crippen LogP contribution in [0.15, 0.2) is 6.20 Å². The minimum atomic E-state index is -1.03. The average molecular weight is 169 g/mol. The fourth-order valence-corrected chi connectivity index (χ4v) is 0.757. The van der Waals surface area contributed by atoms with E-state index >= 15 is 0 Å². The molecule has 1 heterocycles. The van der Waals surface area contributed by atoms with Crippen molar-refractivity contribution >= 4 is 5.97 Å². The number of aromatic amines is 1. The third-order valence-electron chi connectivity index (χ3n) is 1.42. The van der Waals surface area contributed by atoms with E-state index in [4.69, 9.17) is 10.8 Å². The number of nitrogens with two attached hydrogens (primary N) is 1. The Labute approximate surface area is 69.6 Å². The van der Waals surface area contributed by atoms with Gasteiger partial charge in [-0.05, 0) is 13.8 Å². The first-order valence-electron chi connectivity index (χ1n) is 3.49. The summed E-state index contributed by atoms with van der Waals surface area (Å²) in [4.78, 5) is 16.9. The van der Waals surface area contributed by atoms with Crippen LogP contribution in [0.3, 0.4) is 0 Å². The summed E-state index contributed by atoms with van der Waals surface area (Å²) >= 11 is 0. The molecule has 0 amide bonds. The van der Waals surface area contributed by atoms with Crippen LogP contribution in [-0.2, 0) is 5.54 Å². The van der Waals surface area contributed by atoms with Gasteiger partial charge in [-0.3, -0.25) is 0 Å². The van der Waals surface area contributed by atoms with Crippen molar-refractivity contribution < 1.29 is 9.90 Å². The summed E-state index contributed by atoms with van der Waals surface area (Å²) in [6, 6.07) is 0. The zero-order valence-corrected chi connectivity index (χ0v) is 6.96. The Balaban J connectivity index is 3.00. The summed E-state index contributed by atoms with van der Waals surface area (Å²) in [6.07, 6.45) is 1.26. The molecule has 0 aliphatic heterocycles. The van der Waals surface area contributed by atoms with Crippen LogP contribution in [0.25, 0.3) is 0 Å². The van der Waals surface area contributed by atoms with Crippen molar-refractivity contribution in [2.75, 3.05) is 0 Å². The predicted molar refractivity (Wildman–Crippen MR) is 42.8 cm³/mol. The Hall–Kier alpha value is -1.36. The Bertz CT molecular complexity index is 298. The molecule has 4 N–H and O–H groups in total. The molecule has 1 aromatic rings. The van der Waals surface area contributed by atoms with E-state index in [-0.39, 0.29) is 5.69 Å². The second-order valence-electron chi connectivity index (χ2n) is 3.17. The number of aromatic nitrogens is 2. The van der Waals surface area contributed by atoms with Gasteiger partial charge in [-0.1, -0.05) is 0 Å². The molecule has 0 bridgehead atoms. The van der Waals surface area contributed by atoms with Crippen LogP contribution in [0.5, 0.6) is 0 Å². The summed E-state index contributed by atoms with van der Waals surface area (Å²) in [5, 5.41) is 8.55. The number of carboxylic acids is 1. The molecule has 0 aromatic carbocycles. The lowest BCUT2D eigenvalue weighted by molar-refractivity contribution is 0.0691. The SMILES string of the molecule is CC(C)(N)c1ncc(C(=O)O)[nH]1. The Kier molecular flexibility index (Phi) is 1.89. The Morgan fingerprint density at radius 1 is 1.75 bits per heavy atom. The van der Waals surface area contributed by atoms with Gasteiger partial charge < -0.3 is 15.8 Å². The van der Waals surface area contributed by atoms with Crippen molar-refractivity contribution in [2.45, 2.75) is 19.4 Å². The fraction of sp³-hybridized carbons (Fsp3) is 0.429. The van der Waals surface area contributed by atoms with E-state index in [2.05, 4.69) is 9.97 Å². The maximum atomic E-state index is 10.4. The first-order valence-corrected chi connectivity index (χ1v) is 3.49. The van der Waals surface area contributed by atoms with Crippen LogP contribution in [0.1, 0.15) is 30.2 Å². The van der Waals surface area contributed by atoms with Gasteiger partial charge in [-0.15, -0.1) is 0 Å². The molecule has 0 unspecified atom stereocenters. The molecule has 0 aliphatic carbocycles. The lowest BCUT2D eigenvalue weighted by atomic mass is 10.1. The average Bonchev–Trinajstić information content (AvgIpc) is 2.30. The van der Waals surface area contributed by atoms with Crippen molar-refractivity contribution in [1.82, 2.24) is 9.97 Å². The van der Waals surface area contributed by atoms with E-state index in [0.29, 0.717) is 5.82 Å². The van der Waals surface area contributed by atoms with E-state index in [1.807, 2.05) is 0 Å². The van der Waals surface area contributed by atoms with Crippen LogP contribution in [-0.4, -0.2) is 21.0 Å². The maximum absolute atomic E-state index is 10.4. The number of rotatable bonds is 2. The van der Waals surface area contributed by atoms with Crippen LogP contribution >= 0.6 is 0 Å². The molecule has 5 heteroatoms. The molecule has 0 aliphatic rings. The topological polar surface area (TPSA) is 92.0 Å². The zero-order chi connectivity index (χ0) is 9.35. The van der Waals surface area contributed by atoms with Crippen LogP contribution in [0, 0.1) is 0 Å². The quantitative estimate of drug-likeness (QED) is 0.593. The van der Waals surface area contributed by atoms with Gasteiger partial charge in [-0.25, -0.2) is 9.78 Å². The summed E-state index contributed by atoms with van der Waals surface area (Å²) < 4.78 is 0. The highest BCUT2D eigenvalue weighted by Gasteiger charge is 2.19. The van der Waals surface area contributed by atoms with Crippen LogP contribution in [0.4, 0.5) is 0 Å². The number of nitrogens with one attached hydrogen (secondary N) is 1. The van der Waals surface area contributed by atoms with Crippen molar-refractivity contribution in [3.63, 3.8) is 0 Å². The monoisotopic (exact) mass is 169 g/mol. The molecule has 1 rings (SSSR count). The Morgan fingerprint density at radius 3 is 2.58 bits per heavy atom. The number of H-pyrrole nitrogens is 1. The molecule has 0 spiro atoms. The highest BCUT2D eigenvalue weighted by atomic mass is 16.4. The Morgan fingerprint density at radius 2 is 2.33 bits per heavy atom. The second kappa shape index (κ2) is 2.60. The number of nitrogens with zero attached hydrogens (tertiary/aromatic N) is 1. The lowest BCUT2D eigenvalue weighted by Crippen LogP contribution is -2.30. The van der Waals surface area contributed by atoms with Gasteiger partial charge in [-0.2, -0.15) is 0 Å². The molecule has 0 saturated carbocycles. The molecule has 0 fully saturated rings. The number of hydrogen-bond donors (Lipinski definition) is 3. The normalized spacial score (nSPS) is 11.6. The molecule has 5 nitrogen and oxygen atoms in total. The van der Waals surface area contributed by atoms with E-state index in [9.17, 15) is 4.79 Å². The van der Waals surface area contributed by atoms with Gasteiger partial charge in [0.2, 0.25) is 0 Å². The molecule has 0 atom stereocenters. The summed E-state index contributed by atoms with van der Waals surface area (Å²) in [6.45, 7) is 3.49. The number of imidazole rings is 1. The molecule has 12 heavy (non-hydrogen) atoms. The van der Waals surface area contributed by atoms with Gasteiger partial charge in [0.25, 0.3) is 0 Å². The van der Waals surface area contributed by atoms with E-state index in [1.54, 1.807) is 13.8 Å². The predicted octanol–water partition coefficient (Wildman–Crippen LogP) is 0.302. The number of aromatic carboxylic acids is 1. The second-order valence-corrected chi connectivity index (χ2v) is 3.17. The number of carbonyl (C=O) groups is 1. The van der Waals surface area contributed by atoms with E-state index in [0.717, 1.165) is 0 Å². The third kappa shape index (κ3) is 1.62. The molecule has 0 radical (unpaired) electrons. The smallest absolute Gasteiger partial charge is 0.353 e. The molecule has 1 aromatic heterocycles. The summed E-state index contributed by atoms with van der Waals surface area (Å²) in [5.74, 6) is -0.557. The van der Waals surface area contributed by atoms with Gasteiger partial charge in [0, 0.05) is 0 Å². The largest absolute Gasteiger partial charge is 0.477 e.